The van der Waals surface area contributed by atoms with Crippen molar-refractivity contribution in [2.24, 2.45) is 0 Å². The van der Waals surface area contributed by atoms with E-state index in [-0.39, 0.29) is 5.91 Å². The zero-order chi connectivity index (χ0) is 17.4. The molecule has 0 heterocycles. The average Bonchev–Trinajstić information content (AvgIpc) is 2.61. The van der Waals surface area contributed by atoms with Gasteiger partial charge in [-0.1, -0.05) is 29.8 Å². The van der Waals surface area contributed by atoms with Gasteiger partial charge in [0.05, 0.1) is 24.9 Å². The van der Waals surface area contributed by atoms with E-state index in [9.17, 15) is 4.79 Å². The van der Waals surface area contributed by atoms with E-state index < -0.39 is 0 Å². The highest BCUT2D eigenvalue weighted by molar-refractivity contribution is 6.33. The van der Waals surface area contributed by atoms with Crippen LogP contribution in [0.15, 0.2) is 42.5 Å². The molecule has 0 saturated carbocycles. The summed E-state index contributed by atoms with van der Waals surface area (Å²) in [7, 11) is 3.17. The Balaban J connectivity index is 1.78. The van der Waals surface area contributed by atoms with Crippen molar-refractivity contribution in [2.75, 3.05) is 26.1 Å². The maximum atomic E-state index is 11.9. The van der Waals surface area contributed by atoms with E-state index in [2.05, 4.69) is 10.6 Å². The molecule has 2 aromatic carbocycles. The molecule has 6 heteroatoms. The zero-order valence-electron chi connectivity index (χ0n) is 13.8. The molecule has 0 fully saturated rings. The second kappa shape index (κ2) is 9.03. The molecule has 2 aromatic rings. The number of hydrogen-bond donors (Lipinski definition) is 2. The van der Waals surface area contributed by atoms with Gasteiger partial charge in [0.15, 0.2) is 11.5 Å². The number of methoxy groups -OCH3 is 2. The molecule has 24 heavy (non-hydrogen) atoms. The van der Waals surface area contributed by atoms with Gasteiger partial charge in [0, 0.05) is 19.5 Å². The molecule has 0 aromatic heterocycles. The molecular weight excluding hydrogens is 328 g/mol. The Hall–Kier alpha value is -2.40. The van der Waals surface area contributed by atoms with Gasteiger partial charge in [-0.25, -0.2) is 0 Å². The van der Waals surface area contributed by atoms with Crippen molar-refractivity contribution in [3.05, 3.63) is 53.1 Å². The second-order valence-corrected chi connectivity index (χ2v) is 5.53. The van der Waals surface area contributed by atoms with Gasteiger partial charge in [0.1, 0.15) is 0 Å². The van der Waals surface area contributed by atoms with Crippen molar-refractivity contribution < 1.29 is 14.3 Å². The molecular formula is C18H21ClN2O3. The summed E-state index contributed by atoms with van der Waals surface area (Å²) in [5.74, 6) is 1.27. The van der Waals surface area contributed by atoms with Gasteiger partial charge >= 0.3 is 0 Å². The maximum absolute atomic E-state index is 11.9. The standard InChI is InChI=1S/C18H21ClN2O3/c1-23-16-8-7-13(11-17(16)24-2)12-21-18(22)9-10-20-15-6-4-3-5-14(15)19/h3-8,11,20H,9-10,12H2,1-2H3,(H,21,22). The Labute approximate surface area is 146 Å². The summed E-state index contributed by atoms with van der Waals surface area (Å²) in [6.45, 7) is 0.951. The summed E-state index contributed by atoms with van der Waals surface area (Å²) < 4.78 is 10.4. The highest BCUT2D eigenvalue weighted by Crippen LogP contribution is 2.27. The fourth-order valence-electron chi connectivity index (χ4n) is 2.19. The molecule has 0 atom stereocenters. The number of nitrogens with one attached hydrogen (secondary N) is 2. The molecule has 0 aliphatic heterocycles. The summed E-state index contributed by atoms with van der Waals surface area (Å²) >= 11 is 6.05. The fourth-order valence-corrected chi connectivity index (χ4v) is 2.40. The number of carbonyl (C=O) groups excluding carboxylic acids is 1. The van der Waals surface area contributed by atoms with Gasteiger partial charge in [0.25, 0.3) is 0 Å². The minimum atomic E-state index is -0.0376. The third-order valence-corrected chi connectivity index (χ3v) is 3.81. The largest absolute Gasteiger partial charge is 0.493 e. The van der Waals surface area contributed by atoms with Crippen LogP contribution in [0.1, 0.15) is 12.0 Å². The Kier molecular flexibility index (Phi) is 6.75. The first-order valence-electron chi connectivity index (χ1n) is 7.60. The third kappa shape index (κ3) is 5.06. The lowest BCUT2D eigenvalue weighted by Crippen LogP contribution is -2.24. The molecule has 2 N–H and O–H groups in total. The van der Waals surface area contributed by atoms with Crippen LogP contribution < -0.4 is 20.1 Å². The number of anilines is 1. The van der Waals surface area contributed by atoms with Gasteiger partial charge in [-0.05, 0) is 29.8 Å². The van der Waals surface area contributed by atoms with Gasteiger partial charge in [-0.3, -0.25) is 4.79 Å². The number of hydrogen-bond acceptors (Lipinski definition) is 4. The van der Waals surface area contributed by atoms with Gasteiger partial charge < -0.3 is 20.1 Å². The molecule has 2 rings (SSSR count). The summed E-state index contributed by atoms with van der Waals surface area (Å²) in [5.41, 5.74) is 1.77. The van der Waals surface area contributed by atoms with Crippen LogP contribution >= 0.6 is 11.6 Å². The van der Waals surface area contributed by atoms with Crippen molar-refractivity contribution in [3.8, 4) is 11.5 Å². The Morgan fingerprint density at radius 1 is 1.08 bits per heavy atom. The summed E-state index contributed by atoms with van der Waals surface area (Å²) in [6.07, 6.45) is 0.360. The molecule has 0 unspecified atom stereocenters. The fraction of sp³-hybridized carbons (Fsp3) is 0.278. The van der Waals surface area contributed by atoms with Crippen molar-refractivity contribution in [2.45, 2.75) is 13.0 Å². The molecule has 128 valence electrons. The predicted molar refractivity (Wildman–Crippen MR) is 96.0 cm³/mol. The maximum Gasteiger partial charge on any atom is 0.222 e. The molecule has 5 nitrogen and oxygen atoms in total. The van der Waals surface area contributed by atoms with E-state index in [1.807, 2.05) is 36.4 Å². The molecule has 0 bridgehead atoms. The van der Waals surface area contributed by atoms with Crippen LogP contribution in [0.5, 0.6) is 11.5 Å². The summed E-state index contributed by atoms with van der Waals surface area (Å²) in [4.78, 5) is 11.9. The molecule has 0 saturated heterocycles. The van der Waals surface area contributed by atoms with Crippen LogP contribution in [0.25, 0.3) is 0 Å². The zero-order valence-corrected chi connectivity index (χ0v) is 14.5. The third-order valence-electron chi connectivity index (χ3n) is 3.48. The van der Waals surface area contributed by atoms with Crippen molar-refractivity contribution >= 4 is 23.2 Å². The smallest absolute Gasteiger partial charge is 0.222 e. The summed E-state index contributed by atoms with van der Waals surface area (Å²) in [6, 6.07) is 13.0. The first-order valence-corrected chi connectivity index (χ1v) is 7.98. The van der Waals surface area contributed by atoms with Crippen molar-refractivity contribution in [3.63, 3.8) is 0 Å². The lowest BCUT2D eigenvalue weighted by molar-refractivity contribution is -0.121. The first kappa shape index (κ1) is 17.9. The molecule has 0 radical (unpaired) electrons. The van der Waals surface area contributed by atoms with Gasteiger partial charge in [-0.15, -0.1) is 0 Å². The molecule has 0 aliphatic carbocycles. The number of ether oxygens (including phenoxy) is 2. The predicted octanol–water partition coefficient (Wildman–Crippen LogP) is 3.48. The van der Waals surface area contributed by atoms with E-state index in [4.69, 9.17) is 21.1 Å². The van der Waals surface area contributed by atoms with Gasteiger partial charge in [-0.2, -0.15) is 0 Å². The van der Waals surface area contributed by atoms with Crippen LogP contribution in [-0.4, -0.2) is 26.7 Å². The van der Waals surface area contributed by atoms with Crippen molar-refractivity contribution in [1.82, 2.24) is 5.32 Å². The normalized spacial score (nSPS) is 10.1. The van der Waals surface area contributed by atoms with Crippen LogP contribution in [0.4, 0.5) is 5.69 Å². The molecule has 1 amide bonds. The Morgan fingerprint density at radius 3 is 2.54 bits per heavy atom. The first-order chi connectivity index (χ1) is 11.6. The number of carbonyl (C=O) groups is 1. The van der Waals surface area contributed by atoms with Crippen LogP contribution in [0.2, 0.25) is 5.02 Å². The number of rotatable bonds is 8. The lowest BCUT2D eigenvalue weighted by Gasteiger charge is -2.11. The Bertz CT molecular complexity index is 692. The number of halogens is 1. The lowest BCUT2D eigenvalue weighted by atomic mass is 10.2. The highest BCUT2D eigenvalue weighted by Gasteiger charge is 2.06. The molecule has 0 spiro atoms. The van der Waals surface area contributed by atoms with Crippen molar-refractivity contribution in [1.29, 1.82) is 0 Å². The van der Waals surface area contributed by atoms with Crippen LogP contribution in [0, 0.1) is 0 Å². The summed E-state index contributed by atoms with van der Waals surface area (Å²) in [5, 5.41) is 6.67. The minimum Gasteiger partial charge on any atom is -0.493 e. The Morgan fingerprint density at radius 2 is 1.83 bits per heavy atom. The number of amides is 1. The SMILES string of the molecule is COc1ccc(CNC(=O)CCNc2ccccc2Cl)cc1OC. The van der Waals surface area contributed by atoms with E-state index in [0.29, 0.717) is 36.0 Å². The average molecular weight is 349 g/mol. The minimum absolute atomic E-state index is 0.0376. The number of para-hydroxylation sites is 1. The topological polar surface area (TPSA) is 59.6 Å². The van der Waals surface area contributed by atoms with Crippen LogP contribution in [0.3, 0.4) is 0 Å². The van der Waals surface area contributed by atoms with E-state index >= 15 is 0 Å². The van der Waals surface area contributed by atoms with Gasteiger partial charge in [0.2, 0.25) is 5.91 Å². The highest BCUT2D eigenvalue weighted by atomic mass is 35.5. The van der Waals surface area contributed by atoms with Crippen LogP contribution in [-0.2, 0) is 11.3 Å². The second-order valence-electron chi connectivity index (χ2n) is 5.12. The quantitative estimate of drug-likeness (QED) is 0.766. The van der Waals surface area contributed by atoms with E-state index in [0.717, 1.165) is 11.3 Å². The van der Waals surface area contributed by atoms with E-state index in [1.165, 1.54) is 0 Å². The van der Waals surface area contributed by atoms with E-state index in [1.54, 1.807) is 20.3 Å². The number of benzene rings is 2. The monoisotopic (exact) mass is 348 g/mol. The molecule has 0 aliphatic rings.